The van der Waals surface area contributed by atoms with Crippen molar-refractivity contribution in [1.29, 1.82) is 0 Å². The number of hydrogen-bond donors (Lipinski definition) is 1. The van der Waals surface area contributed by atoms with Crippen molar-refractivity contribution in [2.24, 2.45) is 0 Å². The molecule has 0 aliphatic rings. The summed E-state index contributed by atoms with van der Waals surface area (Å²) in [6, 6.07) is 5.93. The number of alkyl halides is 3. The van der Waals surface area contributed by atoms with Crippen molar-refractivity contribution in [1.82, 2.24) is 4.90 Å². The lowest BCUT2D eigenvalue weighted by Gasteiger charge is -2.18. The lowest BCUT2D eigenvalue weighted by Crippen LogP contribution is -2.35. The number of carbonyl (C=O) groups is 1. The van der Waals surface area contributed by atoms with Crippen LogP contribution in [0.3, 0.4) is 0 Å². The third kappa shape index (κ3) is 5.02. The molecule has 3 nitrogen and oxygen atoms in total. The highest BCUT2D eigenvalue weighted by Crippen LogP contribution is 2.17. The summed E-state index contributed by atoms with van der Waals surface area (Å²) < 4.78 is 36.6. The van der Waals surface area contributed by atoms with E-state index < -0.39 is 18.6 Å². The van der Waals surface area contributed by atoms with Crippen LogP contribution in [0.5, 0.6) is 0 Å². The molecule has 1 aromatic rings. The summed E-state index contributed by atoms with van der Waals surface area (Å²) in [5.41, 5.74) is 0.580. The molecule has 1 rings (SSSR count). The Bertz CT molecular complexity index is 515. The number of halogens is 3. The summed E-state index contributed by atoms with van der Waals surface area (Å²) >= 11 is 0. The SMILES string of the molecule is CN(CC(F)(F)F)C(=O)c1cccc(C#CCO)c1. The van der Waals surface area contributed by atoms with Crippen LogP contribution >= 0.6 is 0 Å². The number of rotatable bonds is 2. The average Bonchev–Trinajstić information content (AvgIpc) is 2.33. The molecule has 0 heterocycles. The van der Waals surface area contributed by atoms with Crippen molar-refractivity contribution in [3.8, 4) is 11.8 Å². The summed E-state index contributed by atoms with van der Waals surface area (Å²) in [6.07, 6.45) is -4.43. The van der Waals surface area contributed by atoms with Crippen LogP contribution in [-0.4, -0.2) is 42.3 Å². The second-order valence-electron chi connectivity index (χ2n) is 3.82. The van der Waals surface area contributed by atoms with Crippen molar-refractivity contribution in [3.63, 3.8) is 0 Å². The summed E-state index contributed by atoms with van der Waals surface area (Å²) in [6.45, 7) is -1.63. The minimum atomic E-state index is -4.43. The normalized spacial score (nSPS) is 10.6. The maximum atomic E-state index is 12.2. The Hall–Kier alpha value is -2.00. The molecule has 0 aliphatic carbocycles. The molecule has 0 aromatic heterocycles. The predicted molar refractivity (Wildman–Crippen MR) is 63.4 cm³/mol. The van der Waals surface area contributed by atoms with Gasteiger partial charge in [-0.15, -0.1) is 0 Å². The van der Waals surface area contributed by atoms with Gasteiger partial charge in [-0.25, -0.2) is 0 Å². The Labute approximate surface area is 108 Å². The van der Waals surface area contributed by atoms with E-state index in [9.17, 15) is 18.0 Å². The van der Waals surface area contributed by atoms with E-state index in [2.05, 4.69) is 11.8 Å². The van der Waals surface area contributed by atoms with Crippen molar-refractivity contribution in [2.75, 3.05) is 20.2 Å². The number of benzene rings is 1. The van der Waals surface area contributed by atoms with Crippen LogP contribution in [0.2, 0.25) is 0 Å². The van der Waals surface area contributed by atoms with E-state index in [4.69, 9.17) is 5.11 Å². The zero-order valence-electron chi connectivity index (χ0n) is 10.2. The van der Waals surface area contributed by atoms with Gasteiger partial charge in [-0.05, 0) is 18.2 Å². The number of amides is 1. The fourth-order valence-electron chi connectivity index (χ4n) is 1.43. The molecule has 19 heavy (non-hydrogen) atoms. The third-order valence-electron chi connectivity index (χ3n) is 2.18. The molecule has 0 aliphatic heterocycles. The monoisotopic (exact) mass is 271 g/mol. The number of carbonyl (C=O) groups excluding carboxylic acids is 1. The molecular formula is C13H12F3NO2. The Balaban J connectivity index is 2.88. The molecule has 0 spiro atoms. The molecular weight excluding hydrogens is 259 g/mol. The van der Waals surface area contributed by atoms with Crippen LogP contribution in [0.15, 0.2) is 24.3 Å². The Kier molecular flexibility index (Phi) is 4.95. The van der Waals surface area contributed by atoms with E-state index in [1.54, 1.807) is 6.07 Å². The summed E-state index contributed by atoms with van der Waals surface area (Å²) in [7, 11) is 1.09. The maximum absolute atomic E-state index is 12.2. The van der Waals surface area contributed by atoms with Crippen LogP contribution in [0.1, 0.15) is 15.9 Å². The largest absolute Gasteiger partial charge is 0.406 e. The number of nitrogens with zero attached hydrogens (tertiary/aromatic N) is 1. The summed E-state index contributed by atoms with van der Waals surface area (Å²) in [5, 5.41) is 8.55. The van der Waals surface area contributed by atoms with Gasteiger partial charge in [0.1, 0.15) is 13.2 Å². The van der Waals surface area contributed by atoms with Gasteiger partial charge in [-0.3, -0.25) is 4.79 Å². The van der Waals surface area contributed by atoms with E-state index >= 15 is 0 Å². The van der Waals surface area contributed by atoms with Gasteiger partial charge in [0, 0.05) is 18.2 Å². The molecule has 0 fully saturated rings. The zero-order valence-corrected chi connectivity index (χ0v) is 10.2. The molecule has 1 N–H and O–H groups in total. The van der Waals surface area contributed by atoms with Gasteiger partial charge >= 0.3 is 6.18 Å². The highest BCUT2D eigenvalue weighted by atomic mass is 19.4. The van der Waals surface area contributed by atoms with Gasteiger partial charge in [0.05, 0.1) is 0 Å². The van der Waals surface area contributed by atoms with E-state index in [0.29, 0.717) is 10.5 Å². The van der Waals surface area contributed by atoms with Crippen LogP contribution in [0.4, 0.5) is 13.2 Å². The lowest BCUT2D eigenvalue weighted by atomic mass is 10.1. The van der Waals surface area contributed by atoms with Crippen LogP contribution in [0.25, 0.3) is 0 Å². The molecule has 0 unspecified atom stereocenters. The molecule has 0 radical (unpaired) electrons. The van der Waals surface area contributed by atoms with Crippen LogP contribution < -0.4 is 0 Å². The average molecular weight is 271 g/mol. The topological polar surface area (TPSA) is 40.5 Å². The fraction of sp³-hybridized carbons (Fsp3) is 0.308. The maximum Gasteiger partial charge on any atom is 0.406 e. The van der Waals surface area contributed by atoms with E-state index in [1.165, 1.54) is 18.2 Å². The van der Waals surface area contributed by atoms with Crippen molar-refractivity contribution >= 4 is 5.91 Å². The molecule has 6 heteroatoms. The molecule has 0 atom stereocenters. The molecule has 0 saturated heterocycles. The minimum Gasteiger partial charge on any atom is -0.384 e. The van der Waals surface area contributed by atoms with E-state index in [0.717, 1.165) is 7.05 Å². The van der Waals surface area contributed by atoms with Gasteiger partial charge in [0.2, 0.25) is 0 Å². The van der Waals surface area contributed by atoms with E-state index in [-0.39, 0.29) is 12.2 Å². The Morgan fingerprint density at radius 3 is 2.68 bits per heavy atom. The standard InChI is InChI=1S/C13H12F3NO2/c1-17(9-13(14,15)16)12(19)11-6-2-4-10(8-11)5-3-7-18/h2,4,6,8,18H,7,9H2,1H3. The minimum absolute atomic E-state index is 0.122. The van der Waals surface area contributed by atoms with Gasteiger partial charge in [0.25, 0.3) is 5.91 Å². The second kappa shape index (κ2) is 6.25. The van der Waals surface area contributed by atoms with Gasteiger partial charge < -0.3 is 10.0 Å². The number of aliphatic hydroxyl groups is 1. The van der Waals surface area contributed by atoms with E-state index in [1.807, 2.05) is 0 Å². The number of aliphatic hydroxyl groups excluding tert-OH is 1. The molecule has 1 amide bonds. The zero-order chi connectivity index (χ0) is 14.5. The Morgan fingerprint density at radius 2 is 2.11 bits per heavy atom. The highest BCUT2D eigenvalue weighted by Gasteiger charge is 2.31. The lowest BCUT2D eigenvalue weighted by molar-refractivity contribution is -0.138. The Morgan fingerprint density at radius 1 is 1.42 bits per heavy atom. The van der Waals surface area contributed by atoms with Gasteiger partial charge in [-0.1, -0.05) is 17.9 Å². The molecule has 1 aromatic carbocycles. The van der Waals surface area contributed by atoms with Crippen LogP contribution in [-0.2, 0) is 0 Å². The van der Waals surface area contributed by atoms with Gasteiger partial charge in [-0.2, -0.15) is 13.2 Å². The first-order valence-corrected chi connectivity index (χ1v) is 5.35. The first-order valence-electron chi connectivity index (χ1n) is 5.35. The van der Waals surface area contributed by atoms with Gasteiger partial charge in [0.15, 0.2) is 0 Å². The highest BCUT2D eigenvalue weighted by molar-refractivity contribution is 5.94. The third-order valence-corrected chi connectivity index (χ3v) is 2.18. The molecule has 102 valence electrons. The van der Waals surface area contributed by atoms with Crippen LogP contribution in [0, 0.1) is 11.8 Å². The summed E-state index contributed by atoms with van der Waals surface area (Å²) in [4.78, 5) is 12.4. The summed E-state index contributed by atoms with van der Waals surface area (Å²) in [5.74, 6) is 4.25. The first-order chi connectivity index (χ1) is 8.83. The van der Waals surface area contributed by atoms with Crippen molar-refractivity contribution in [2.45, 2.75) is 6.18 Å². The first kappa shape index (κ1) is 15.1. The van der Waals surface area contributed by atoms with Crippen molar-refractivity contribution in [3.05, 3.63) is 35.4 Å². The smallest absolute Gasteiger partial charge is 0.384 e. The number of hydrogen-bond acceptors (Lipinski definition) is 2. The fourth-order valence-corrected chi connectivity index (χ4v) is 1.43. The molecule has 0 bridgehead atoms. The van der Waals surface area contributed by atoms with Crippen molar-refractivity contribution < 1.29 is 23.1 Å². The second-order valence-corrected chi connectivity index (χ2v) is 3.82. The molecule has 0 saturated carbocycles. The quantitative estimate of drug-likeness (QED) is 0.831. The predicted octanol–water partition coefficient (Wildman–Crippen LogP) is 1.66.